The van der Waals surface area contributed by atoms with Gasteiger partial charge in [-0.2, -0.15) is 9.78 Å². The molecular formula is C14H12N4O3S. The highest BCUT2D eigenvalue weighted by atomic mass is 32.1. The number of phenolic OH excluding ortho intramolecular Hbond substituents is 1. The lowest BCUT2D eigenvalue weighted by Gasteiger charge is -2.03. The van der Waals surface area contributed by atoms with Gasteiger partial charge in [-0.15, -0.1) is 5.10 Å². The van der Waals surface area contributed by atoms with Crippen LogP contribution in [0.1, 0.15) is 5.56 Å². The second-order valence-electron chi connectivity index (χ2n) is 4.32. The molecule has 8 heteroatoms. The quantitative estimate of drug-likeness (QED) is 0.571. The number of rotatable bonds is 4. The lowest BCUT2D eigenvalue weighted by atomic mass is 10.2. The van der Waals surface area contributed by atoms with Crippen LogP contribution in [-0.2, 0) is 0 Å². The summed E-state index contributed by atoms with van der Waals surface area (Å²) < 4.78 is 12.2. The largest absolute Gasteiger partial charge is 0.504 e. The molecule has 0 fully saturated rings. The summed E-state index contributed by atoms with van der Waals surface area (Å²) in [6, 6.07) is 8.42. The van der Waals surface area contributed by atoms with Crippen molar-refractivity contribution in [1.82, 2.24) is 14.9 Å². The molecule has 1 aromatic carbocycles. The van der Waals surface area contributed by atoms with Crippen molar-refractivity contribution in [3.05, 3.63) is 46.9 Å². The number of H-pyrrole nitrogens is 1. The van der Waals surface area contributed by atoms with Crippen LogP contribution >= 0.6 is 12.2 Å². The molecule has 2 heterocycles. The number of nitrogens with zero attached hydrogens (tertiary/aromatic N) is 3. The standard InChI is InChI=1S/C14H12N4O3S/c1-20-12-7-9(4-5-10(12)19)8-15-18-13(16-17-14(18)22)11-3-2-6-21-11/h2-8,19H,1H3,(H,17,22)/b15-8+. The smallest absolute Gasteiger partial charge is 0.219 e. The zero-order valence-corrected chi connectivity index (χ0v) is 12.4. The van der Waals surface area contributed by atoms with Crippen LogP contribution in [0.15, 0.2) is 46.1 Å². The van der Waals surface area contributed by atoms with Crippen LogP contribution < -0.4 is 4.74 Å². The Morgan fingerprint density at radius 2 is 2.32 bits per heavy atom. The highest BCUT2D eigenvalue weighted by molar-refractivity contribution is 7.71. The van der Waals surface area contributed by atoms with Crippen LogP contribution in [0.5, 0.6) is 11.5 Å². The van der Waals surface area contributed by atoms with E-state index < -0.39 is 0 Å². The first-order valence-corrected chi connectivity index (χ1v) is 6.72. The molecule has 2 N–H and O–H groups in total. The Hall–Kier alpha value is -2.87. The summed E-state index contributed by atoms with van der Waals surface area (Å²) in [5.41, 5.74) is 0.739. The molecule has 0 amide bonds. The molecular weight excluding hydrogens is 304 g/mol. The van der Waals surface area contributed by atoms with Crippen LogP contribution in [0.4, 0.5) is 0 Å². The molecule has 0 spiro atoms. The molecule has 0 aliphatic heterocycles. The van der Waals surface area contributed by atoms with E-state index in [4.69, 9.17) is 21.4 Å². The number of aromatic hydroxyl groups is 1. The first kappa shape index (κ1) is 14.1. The van der Waals surface area contributed by atoms with E-state index in [2.05, 4.69) is 15.3 Å². The number of methoxy groups -OCH3 is 1. The maximum absolute atomic E-state index is 9.58. The van der Waals surface area contributed by atoms with Crippen LogP contribution in [0, 0.1) is 4.77 Å². The average molecular weight is 316 g/mol. The van der Waals surface area contributed by atoms with Gasteiger partial charge in [-0.1, -0.05) is 0 Å². The molecule has 0 saturated heterocycles. The first-order valence-electron chi connectivity index (χ1n) is 6.31. The van der Waals surface area contributed by atoms with Gasteiger partial charge in [0.05, 0.1) is 19.6 Å². The molecule has 0 atom stereocenters. The maximum Gasteiger partial charge on any atom is 0.219 e. The van der Waals surface area contributed by atoms with Crippen molar-refractivity contribution >= 4 is 18.4 Å². The van der Waals surface area contributed by atoms with Gasteiger partial charge in [0, 0.05) is 0 Å². The van der Waals surface area contributed by atoms with Gasteiger partial charge in [0.25, 0.3) is 0 Å². The molecule has 0 bridgehead atoms. The molecule has 3 rings (SSSR count). The van der Waals surface area contributed by atoms with Gasteiger partial charge in [-0.3, -0.25) is 0 Å². The summed E-state index contributed by atoms with van der Waals surface area (Å²) in [7, 11) is 1.48. The first-order chi connectivity index (χ1) is 10.7. The number of hydrogen-bond donors (Lipinski definition) is 2. The Labute approximate surface area is 130 Å². The van der Waals surface area contributed by atoms with Gasteiger partial charge in [-0.05, 0) is 48.1 Å². The van der Waals surface area contributed by atoms with Crippen molar-refractivity contribution in [3.8, 4) is 23.1 Å². The third kappa shape index (κ3) is 2.63. The fourth-order valence-corrected chi connectivity index (χ4v) is 2.04. The Kier molecular flexibility index (Phi) is 3.75. The lowest BCUT2D eigenvalue weighted by molar-refractivity contribution is 0.373. The molecule has 0 aliphatic rings. The Bertz CT molecular complexity index is 865. The second-order valence-corrected chi connectivity index (χ2v) is 4.70. The van der Waals surface area contributed by atoms with E-state index in [1.165, 1.54) is 17.9 Å². The Morgan fingerprint density at radius 1 is 1.45 bits per heavy atom. The highest BCUT2D eigenvalue weighted by Crippen LogP contribution is 2.25. The van der Waals surface area contributed by atoms with Gasteiger partial charge >= 0.3 is 0 Å². The second kappa shape index (κ2) is 5.86. The van der Waals surface area contributed by atoms with Crippen molar-refractivity contribution in [2.75, 3.05) is 7.11 Å². The average Bonchev–Trinajstić information content (AvgIpc) is 3.16. The number of furan rings is 1. The maximum atomic E-state index is 9.58. The summed E-state index contributed by atoms with van der Waals surface area (Å²) in [5, 5.41) is 20.6. The van der Waals surface area contributed by atoms with E-state index in [9.17, 15) is 5.11 Å². The molecule has 112 valence electrons. The minimum Gasteiger partial charge on any atom is -0.504 e. The number of aromatic amines is 1. The van der Waals surface area contributed by atoms with Crippen LogP contribution in [0.2, 0.25) is 0 Å². The van der Waals surface area contributed by atoms with Crippen molar-refractivity contribution < 1.29 is 14.3 Å². The Balaban J connectivity index is 1.97. The number of ether oxygens (including phenoxy) is 1. The summed E-state index contributed by atoms with van der Waals surface area (Å²) in [6.07, 6.45) is 3.13. The van der Waals surface area contributed by atoms with Crippen LogP contribution in [0.3, 0.4) is 0 Å². The fraction of sp³-hybridized carbons (Fsp3) is 0.0714. The zero-order valence-electron chi connectivity index (χ0n) is 11.6. The van der Waals surface area contributed by atoms with Gasteiger partial charge < -0.3 is 14.3 Å². The Morgan fingerprint density at radius 3 is 3.05 bits per heavy atom. The van der Waals surface area contributed by atoms with Crippen LogP contribution in [0.25, 0.3) is 11.6 Å². The van der Waals surface area contributed by atoms with E-state index in [0.717, 1.165) is 5.56 Å². The lowest BCUT2D eigenvalue weighted by Crippen LogP contribution is -1.94. The monoisotopic (exact) mass is 316 g/mol. The van der Waals surface area contributed by atoms with E-state index >= 15 is 0 Å². The molecule has 0 radical (unpaired) electrons. The molecule has 0 unspecified atom stereocenters. The molecule has 2 aromatic heterocycles. The predicted molar refractivity (Wildman–Crippen MR) is 82.8 cm³/mol. The number of hydrogen-bond acceptors (Lipinski definition) is 6. The molecule has 3 aromatic rings. The van der Waals surface area contributed by atoms with Crippen molar-refractivity contribution in [2.24, 2.45) is 5.10 Å². The summed E-state index contributed by atoms with van der Waals surface area (Å²) >= 11 is 5.16. The van der Waals surface area contributed by atoms with E-state index in [0.29, 0.717) is 22.1 Å². The van der Waals surface area contributed by atoms with Crippen molar-refractivity contribution in [3.63, 3.8) is 0 Å². The van der Waals surface area contributed by atoms with Gasteiger partial charge in [0.1, 0.15) is 0 Å². The van der Waals surface area contributed by atoms with E-state index in [1.54, 1.807) is 36.7 Å². The van der Waals surface area contributed by atoms with Gasteiger partial charge in [-0.25, -0.2) is 5.10 Å². The molecule has 22 heavy (non-hydrogen) atoms. The summed E-state index contributed by atoms with van der Waals surface area (Å²) in [6.45, 7) is 0. The molecule has 0 aliphatic carbocycles. The minimum atomic E-state index is 0.0656. The molecule has 0 saturated carbocycles. The summed E-state index contributed by atoms with van der Waals surface area (Å²) in [5.74, 6) is 1.45. The summed E-state index contributed by atoms with van der Waals surface area (Å²) in [4.78, 5) is 0. The SMILES string of the molecule is COc1cc(/C=N/n2c(-c3ccco3)n[nH]c2=S)ccc1O. The number of phenols is 1. The van der Waals surface area contributed by atoms with E-state index in [1.807, 2.05) is 0 Å². The minimum absolute atomic E-state index is 0.0656. The predicted octanol–water partition coefficient (Wildman–Crippen LogP) is 2.80. The van der Waals surface area contributed by atoms with Crippen molar-refractivity contribution in [1.29, 1.82) is 0 Å². The van der Waals surface area contributed by atoms with Gasteiger partial charge in [0.2, 0.25) is 10.6 Å². The fourth-order valence-electron chi connectivity index (χ4n) is 1.86. The third-order valence-corrected chi connectivity index (χ3v) is 3.18. The van der Waals surface area contributed by atoms with Crippen LogP contribution in [-0.4, -0.2) is 33.3 Å². The number of aromatic nitrogens is 3. The molecule has 7 nitrogen and oxygen atoms in total. The topological polar surface area (TPSA) is 88.6 Å². The van der Waals surface area contributed by atoms with E-state index in [-0.39, 0.29) is 5.75 Å². The van der Waals surface area contributed by atoms with Gasteiger partial charge in [0.15, 0.2) is 17.3 Å². The number of benzene rings is 1. The highest BCUT2D eigenvalue weighted by Gasteiger charge is 2.10. The van der Waals surface area contributed by atoms with Crippen molar-refractivity contribution in [2.45, 2.75) is 0 Å². The third-order valence-electron chi connectivity index (χ3n) is 2.92. The zero-order chi connectivity index (χ0) is 15.5. The number of nitrogens with one attached hydrogen (secondary N) is 1. The normalized spacial score (nSPS) is 11.1.